The van der Waals surface area contributed by atoms with Gasteiger partial charge in [-0.25, -0.2) is 0 Å². The summed E-state index contributed by atoms with van der Waals surface area (Å²) in [5.41, 5.74) is 0.269. The van der Waals surface area contributed by atoms with Crippen molar-refractivity contribution in [2.24, 2.45) is 0 Å². The standard InChI is InChI=1S/C21H27N3O4/c1-15-22-20(24-28-15)21(12-6-4-5-7-13-21)23-19(25)11-9-16-8-10-17(26-2)18(14-16)27-3/h8-11,14H,4-7,12-13H2,1-3H3,(H,23,25)/b11-9+. The monoisotopic (exact) mass is 385 g/mol. The first kappa shape index (κ1) is 19.9. The summed E-state index contributed by atoms with van der Waals surface area (Å²) in [6.07, 6.45) is 9.24. The van der Waals surface area contributed by atoms with E-state index >= 15 is 0 Å². The minimum absolute atomic E-state index is 0.181. The van der Waals surface area contributed by atoms with Gasteiger partial charge in [0.2, 0.25) is 11.8 Å². The van der Waals surface area contributed by atoms with Crippen molar-refractivity contribution in [1.82, 2.24) is 15.5 Å². The van der Waals surface area contributed by atoms with Crippen LogP contribution in [0.4, 0.5) is 0 Å². The first-order valence-electron chi connectivity index (χ1n) is 9.59. The molecule has 7 nitrogen and oxygen atoms in total. The Morgan fingerprint density at radius 3 is 2.46 bits per heavy atom. The highest BCUT2D eigenvalue weighted by Crippen LogP contribution is 2.34. The lowest BCUT2D eigenvalue weighted by atomic mass is 9.89. The number of nitrogens with one attached hydrogen (secondary N) is 1. The summed E-state index contributed by atoms with van der Waals surface area (Å²) in [6, 6.07) is 5.51. The van der Waals surface area contributed by atoms with E-state index in [2.05, 4.69) is 15.5 Å². The fourth-order valence-corrected chi connectivity index (χ4v) is 3.64. The third-order valence-corrected chi connectivity index (χ3v) is 5.11. The number of hydrogen-bond acceptors (Lipinski definition) is 6. The van der Waals surface area contributed by atoms with Gasteiger partial charge in [0.1, 0.15) is 5.54 Å². The Balaban J connectivity index is 1.78. The maximum absolute atomic E-state index is 12.7. The highest BCUT2D eigenvalue weighted by atomic mass is 16.5. The Labute approximate surface area is 165 Å². The lowest BCUT2D eigenvalue weighted by Gasteiger charge is -2.30. The predicted molar refractivity (Wildman–Crippen MR) is 105 cm³/mol. The van der Waals surface area contributed by atoms with Crippen molar-refractivity contribution in [2.75, 3.05) is 14.2 Å². The Kier molecular flexibility index (Phi) is 6.34. The number of nitrogens with zero attached hydrogens (tertiary/aromatic N) is 2. The van der Waals surface area contributed by atoms with Gasteiger partial charge in [-0.2, -0.15) is 4.98 Å². The number of methoxy groups -OCH3 is 2. The number of carbonyl (C=O) groups is 1. The van der Waals surface area contributed by atoms with Gasteiger partial charge in [-0.05, 0) is 36.6 Å². The molecule has 0 atom stereocenters. The lowest BCUT2D eigenvalue weighted by Crippen LogP contribution is -2.45. The van der Waals surface area contributed by atoms with Crippen LogP contribution in [0.15, 0.2) is 28.8 Å². The summed E-state index contributed by atoms with van der Waals surface area (Å²) in [5.74, 6) is 2.16. The topological polar surface area (TPSA) is 86.5 Å². The van der Waals surface area contributed by atoms with Crippen LogP contribution in [0, 0.1) is 6.92 Å². The van der Waals surface area contributed by atoms with Gasteiger partial charge in [-0.1, -0.05) is 36.9 Å². The molecule has 1 saturated carbocycles. The quantitative estimate of drug-likeness (QED) is 0.602. The van der Waals surface area contributed by atoms with E-state index in [9.17, 15) is 4.79 Å². The van der Waals surface area contributed by atoms with Gasteiger partial charge in [0, 0.05) is 13.0 Å². The van der Waals surface area contributed by atoms with Crippen LogP contribution in [0.2, 0.25) is 0 Å². The Morgan fingerprint density at radius 1 is 1.14 bits per heavy atom. The minimum Gasteiger partial charge on any atom is -0.493 e. The third kappa shape index (κ3) is 4.52. The molecule has 0 unspecified atom stereocenters. The van der Waals surface area contributed by atoms with Crippen molar-refractivity contribution in [3.63, 3.8) is 0 Å². The molecule has 150 valence electrons. The number of carbonyl (C=O) groups excluding carboxylic acids is 1. The average Bonchev–Trinajstić information content (AvgIpc) is 3.01. The van der Waals surface area contributed by atoms with Crippen LogP contribution < -0.4 is 14.8 Å². The number of hydrogen-bond donors (Lipinski definition) is 1. The van der Waals surface area contributed by atoms with Crippen molar-refractivity contribution in [2.45, 2.75) is 51.0 Å². The zero-order valence-electron chi connectivity index (χ0n) is 16.7. The Hall–Kier alpha value is -2.83. The van der Waals surface area contributed by atoms with E-state index in [0.29, 0.717) is 23.2 Å². The van der Waals surface area contributed by atoms with E-state index in [1.165, 1.54) is 6.08 Å². The fraction of sp³-hybridized carbons (Fsp3) is 0.476. The zero-order chi connectivity index (χ0) is 20.0. The molecule has 1 heterocycles. The third-order valence-electron chi connectivity index (χ3n) is 5.11. The smallest absolute Gasteiger partial charge is 0.244 e. The second-order valence-corrected chi connectivity index (χ2v) is 7.07. The lowest BCUT2D eigenvalue weighted by molar-refractivity contribution is -0.118. The molecule has 1 amide bonds. The van der Waals surface area contributed by atoms with Crippen LogP contribution in [0.25, 0.3) is 6.08 Å². The molecule has 1 fully saturated rings. The summed E-state index contributed by atoms with van der Waals surface area (Å²) in [4.78, 5) is 17.1. The summed E-state index contributed by atoms with van der Waals surface area (Å²) in [7, 11) is 3.17. The largest absolute Gasteiger partial charge is 0.493 e. The molecule has 1 aromatic carbocycles. The van der Waals surface area contributed by atoms with Gasteiger partial charge in [0.25, 0.3) is 0 Å². The SMILES string of the molecule is COc1ccc(/C=C/C(=O)NC2(c3noc(C)n3)CCCCCC2)cc1OC. The summed E-state index contributed by atoms with van der Waals surface area (Å²) in [6.45, 7) is 1.76. The van der Waals surface area contributed by atoms with Crippen LogP contribution in [-0.4, -0.2) is 30.3 Å². The molecule has 1 aromatic heterocycles. The molecule has 2 aromatic rings. The summed E-state index contributed by atoms with van der Waals surface area (Å²) >= 11 is 0. The molecular formula is C21H27N3O4. The van der Waals surface area contributed by atoms with E-state index in [-0.39, 0.29) is 5.91 Å². The first-order chi connectivity index (χ1) is 13.6. The molecule has 3 rings (SSSR count). The maximum Gasteiger partial charge on any atom is 0.244 e. The van der Waals surface area contributed by atoms with E-state index in [0.717, 1.165) is 44.1 Å². The molecule has 7 heteroatoms. The van der Waals surface area contributed by atoms with E-state index in [4.69, 9.17) is 14.0 Å². The number of aryl methyl sites for hydroxylation is 1. The highest BCUT2D eigenvalue weighted by Gasteiger charge is 2.38. The molecule has 0 radical (unpaired) electrons. The van der Waals surface area contributed by atoms with Crippen LogP contribution in [-0.2, 0) is 10.3 Å². The van der Waals surface area contributed by atoms with Crippen molar-refractivity contribution in [3.8, 4) is 11.5 Å². The van der Waals surface area contributed by atoms with Crippen molar-refractivity contribution < 1.29 is 18.8 Å². The van der Waals surface area contributed by atoms with Crippen molar-refractivity contribution in [1.29, 1.82) is 0 Å². The number of benzene rings is 1. The summed E-state index contributed by atoms with van der Waals surface area (Å²) in [5, 5.41) is 7.27. The Bertz CT molecular complexity index is 836. The van der Waals surface area contributed by atoms with Gasteiger partial charge < -0.3 is 19.3 Å². The van der Waals surface area contributed by atoms with Crippen LogP contribution in [0.1, 0.15) is 55.8 Å². The van der Waals surface area contributed by atoms with Gasteiger partial charge in [-0.15, -0.1) is 0 Å². The molecule has 0 bridgehead atoms. The molecule has 1 aliphatic rings. The molecule has 0 spiro atoms. The summed E-state index contributed by atoms with van der Waals surface area (Å²) < 4.78 is 15.7. The average molecular weight is 385 g/mol. The molecule has 28 heavy (non-hydrogen) atoms. The first-order valence-corrected chi connectivity index (χ1v) is 9.59. The van der Waals surface area contributed by atoms with Crippen molar-refractivity contribution in [3.05, 3.63) is 41.6 Å². The minimum atomic E-state index is -0.576. The van der Waals surface area contributed by atoms with E-state index in [1.54, 1.807) is 27.2 Å². The second kappa shape index (κ2) is 8.91. The van der Waals surface area contributed by atoms with Gasteiger partial charge in [-0.3, -0.25) is 4.79 Å². The molecule has 1 N–H and O–H groups in total. The second-order valence-electron chi connectivity index (χ2n) is 7.07. The Morgan fingerprint density at radius 2 is 1.86 bits per heavy atom. The molecule has 0 saturated heterocycles. The van der Waals surface area contributed by atoms with Crippen molar-refractivity contribution >= 4 is 12.0 Å². The van der Waals surface area contributed by atoms with Gasteiger partial charge in [0.15, 0.2) is 17.3 Å². The normalized spacial score (nSPS) is 16.5. The van der Waals surface area contributed by atoms with Crippen LogP contribution in [0.3, 0.4) is 0 Å². The van der Waals surface area contributed by atoms with E-state index < -0.39 is 5.54 Å². The highest BCUT2D eigenvalue weighted by molar-refractivity contribution is 5.92. The number of ether oxygens (including phenoxy) is 2. The van der Waals surface area contributed by atoms with E-state index in [1.807, 2.05) is 18.2 Å². The number of aromatic nitrogens is 2. The zero-order valence-corrected chi connectivity index (χ0v) is 16.7. The van der Waals surface area contributed by atoms with Gasteiger partial charge >= 0.3 is 0 Å². The molecule has 0 aliphatic heterocycles. The predicted octanol–water partition coefficient (Wildman–Crippen LogP) is 3.77. The van der Waals surface area contributed by atoms with Gasteiger partial charge in [0.05, 0.1) is 14.2 Å². The number of amides is 1. The molecule has 1 aliphatic carbocycles. The fourth-order valence-electron chi connectivity index (χ4n) is 3.64. The van der Waals surface area contributed by atoms with Crippen LogP contribution >= 0.6 is 0 Å². The van der Waals surface area contributed by atoms with Crippen LogP contribution in [0.5, 0.6) is 11.5 Å². The maximum atomic E-state index is 12.7. The number of rotatable bonds is 6. The molecular weight excluding hydrogens is 358 g/mol.